The van der Waals surface area contributed by atoms with Gasteiger partial charge in [0.05, 0.1) is 17.4 Å². The van der Waals surface area contributed by atoms with Gasteiger partial charge in [0.15, 0.2) is 0 Å². The number of carbonyl (C=O) groups excluding carboxylic acids is 2. The predicted octanol–water partition coefficient (Wildman–Crippen LogP) is -3.94. The Morgan fingerprint density at radius 1 is 0.739 bits per heavy atom. The first-order chi connectivity index (χ1) is 9.70. The fourth-order valence-corrected chi connectivity index (χ4v) is 2.80. The Balaban J connectivity index is -0.00000200. The van der Waals surface area contributed by atoms with Gasteiger partial charge in [0, 0.05) is 0 Å². The Morgan fingerprint density at radius 2 is 1.09 bits per heavy atom. The number of aliphatic carboxylic acids is 2. The molecule has 0 fully saturated rings. The van der Waals surface area contributed by atoms with E-state index in [0.717, 1.165) is 19.3 Å². The van der Waals surface area contributed by atoms with E-state index in [1.54, 1.807) is 20.8 Å². The number of carboxylic acid groups (broad SMARTS) is 2. The van der Waals surface area contributed by atoms with Crippen LogP contribution < -0.4 is 47.9 Å². The summed E-state index contributed by atoms with van der Waals surface area (Å²) in [6.07, 6.45) is 8.55. The average molecular weight is 312 g/mol. The molecule has 0 saturated heterocycles. The van der Waals surface area contributed by atoms with Crippen LogP contribution in [0.4, 0.5) is 0 Å². The molecule has 0 heterocycles. The maximum atomic E-state index is 11.4. The van der Waals surface area contributed by atoms with Crippen molar-refractivity contribution in [2.75, 3.05) is 0 Å². The van der Waals surface area contributed by atoms with Gasteiger partial charge in [-0.2, -0.15) is 0 Å². The number of rotatable bonds is 11. The van der Waals surface area contributed by atoms with Crippen molar-refractivity contribution >= 4 is 11.9 Å². The van der Waals surface area contributed by atoms with E-state index in [4.69, 9.17) is 0 Å². The van der Waals surface area contributed by atoms with Crippen LogP contribution in [0.1, 0.15) is 85.5 Å². The molecule has 0 aliphatic rings. The fraction of sp³-hybridized carbons (Fsp3) is 0.882. The molecule has 23 heavy (non-hydrogen) atoms. The van der Waals surface area contributed by atoms with Gasteiger partial charge in [0.25, 0.3) is 0 Å². The first-order valence-electron chi connectivity index (χ1n) is 8.13. The molecule has 0 aromatic carbocycles. The van der Waals surface area contributed by atoms with Crippen molar-refractivity contribution in [3.8, 4) is 0 Å². The second kappa shape index (κ2) is 13.4. The number of hydrogen-bond donors (Lipinski definition) is 0. The molecule has 0 spiro atoms. The van der Waals surface area contributed by atoms with Gasteiger partial charge in [-0.25, -0.2) is 0 Å². The number of hydrogen-bond acceptors (Lipinski definition) is 4. The summed E-state index contributed by atoms with van der Waals surface area (Å²) in [6.45, 7) is 7.02. The van der Waals surface area contributed by atoms with Crippen LogP contribution in [0.3, 0.4) is 0 Å². The first kappa shape index (κ1) is 28.0. The minimum atomic E-state index is -1.91. The van der Waals surface area contributed by atoms with Crippen molar-refractivity contribution in [1.82, 2.24) is 0 Å². The zero-order valence-corrected chi connectivity index (χ0v) is 16.0. The Labute approximate surface area is 165 Å². The van der Waals surface area contributed by atoms with Crippen LogP contribution in [-0.2, 0) is 9.59 Å². The zero-order chi connectivity index (χ0) is 16.5. The first-order valence-corrected chi connectivity index (χ1v) is 8.13. The Bertz CT molecular complexity index is 324. The zero-order valence-electron chi connectivity index (χ0n) is 16.0. The minimum Gasteiger partial charge on any atom is -0.549 e. The molecule has 0 N–H and O–H groups in total. The van der Waals surface area contributed by atoms with E-state index in [9.17, 15) is 19.8 Å². The van der Waals surface area contributed by atoms with Crippen molar-refractivity contribution in [3.05, 3.63) is 0 Å². The van der Waals surface area contributed by atoms with E-state index in [2.05, 4.69) is 6.92 Å². The number of carboxylic acids is 2. The van der Waals surface area contributed by atoms with E-state index in [-0.39, 0.29) is 44.1 Å². The van der Waals surface area contributed by atoms with Gasteiger partial charge < -0.3 is 19.8 Å². The summed E-state index contributed by atoms with van der Waals surface area (Å²) >= 11 is 0. The van der Waals surface area contributed by atoms with Crippen LogP contribution >= 0.6 is 0 Å². The van der Waals surface area contributed by atoms with Gasteiger partial charge in [-0.15, -0.1) is 0 Å². The third-order valence-corrected chi connectivity index (χ3v) is 4.38. The van der Waals surface area contributed by atoms with Gasteiger partial charge >= 0.3 is 37.7 Å². The molecule has 124 valence electrons. The summed E-state index contributed by atoms with van der Waals surface area (Å²) in [5.74, 6) is -3.06. The summed E-state index contributed by atoms with van der Waals surface area (Å²) in [7, 11) is 0. The molecule has 0 aliphatic heterocycles. The van der Waals surface area contributed by atoms with Crippen molar-refractivity contribution in [2.24, 2.45) is 10.8 Å². The largest absolute Gasteiger partial charge is 1.00 e. The Hall–Kier alpha value is 0.135. The molecule has 0 radical (unpaired) electrons. The minimum absolute atomic E-state index is 0. The maximum absolute atomic E-state index is 11.4. The van der Waals surface area contributed by atoms with E-state index in [1.165, 1.54) is 25.7 Å². The number of unbranched alkanes of at least 4 members (excludes halogenated alkanes) is 7. The number of carbonyl (C=O) groups is 2. The van der Waals surface area contributed by atoms with Crippen molar-refractivity contribution < 1.29 is 57.5 Å². The van der Waals surface area contributed by atoms with Crippen LogP contribution in [0.2, 0.25) is 0 Å². The van der Waals surface area contributed by atoms with Crippen LogP contribution in [0, 0.1) is 10.8 Å². The van der Waals surface area contributed by atoms with Crippen LogP contribution in [0.5, 0.6) is 0 Å². The Kier molecular flexibility index (Phi) is 16.3. The summed E-state index contributed by atoms with van der Waals surface area (Å²) in [5, 5.41) is 22.8. The van der Waals surface area contributed by atoms with Gasteiger partial charge in [-0.3, -0.25) is 0 Å². The molecule has 0 aromatic rings. The molecular weight excluding hydrogens is 282 g/mol. The van der Waals surface area contributed by atoms with E-state index in [1.807, 2.05) is 0 Å². The Morgan fingerprint density at radius 3 is 1.39 bits per heavy atom. The molecule has 0 aromatic heterocycles. The molecule has 0 saturated carbocycles. The second-order valence-corrected chi connectivity index (χ2v) is 6.96. The molecule has 0 amide bonds. The monoisotopic (exact) mass is 312 g/mol. The van der Waals surface area contributed by atoms with Crippen molar-refractivity contribution in [1.29, 1.82) is 0 Å². The SMILES string of the molecule is CCCCCCCCCCC(C(=O)[O-])(C(=O)[O-])C(C)(C)C.[Li+].[Li+]. The smallest absolute Gasteiger partial charge is 0.549 e. The molecular formula is C17H30Li2O4. The molecule has 0 bridgehead atoms. The molecule has 6 heteroatoms. The van der Waals surface area contributed by atoms with Crippen molar-refractivity contribution in [2.45, 2.75) is 85.5 Å². The molecule has 0 rings (SSSR count). The summed E-state index contributed by atoms with van der Waals surface area (Å²) in [5.41, 5.74) is -2.83. The van der Waals surface area contributed by atoms with E-state index >= 15 is 0 Å². The standard InChI is InChI=1S/C17H32O4.2Li/c1-5-6-7-8-9-10-11-12-13-17(14(18)19,15(20)21)16(2,3)4;;/h5-13H2,1-4H3,(H,18,19)(H,20,21);;/q;2*+1/p-2. The average Bonchev–Trinajstić information content (AvgIpc) is 2.34. The quantitative estimate of drug-likeness (QED) is 0.222. The summed E-state index contributed by atoms with van der Waals surface area (Å²) in [6, 6.07) is 0. The predicted molar refractivity (Wildman–Crippen MR) is 79.1 cm³/mol. The third-order valence-electron chi connectivity index (χ3n) is 4.38. The second-order valence-electron chi connectivity index (χ2n) is 6.96. The molecule has 0 unspecified atom stereocenters. The molecule has 0 aliphatic carbocycles. The summed E-state index contributed by atoms with van der Waals surface area (Å²) in [4.78, 5) is 22.8. The molecule has 0 atom stereocenters. The third kappa shape index (κ3) is 8.69. The van der Waals surface area contributed by atoms with Crippen LogP contribution in [-0.4, -0.2) is 11.9 Å². The van der Waals surface area contributed by atoms with Gasteiger partial charge in [-0.05, 0) is 11.8 Å². The molecule has 4 nitrogen and oxygen atoms in total. The van der Waals surface area contributed by atoms with Crippen molar-refractivity contribution in [3.63, 3.8) is 0 Å². The summed E-state index contributed by atoms with van der Waals surface area (Å²) < 4.78 is 0. The van der Waals surface area contributed by atoms with Gasteiger partial charge in [0.1, 0.15) is 0 Å². The van der Waals surface area contributed by atoms with E-state index < -0.39 is 22.8 Å². The topological polar surface area (TPSA) is 80.3 Å². The fourth-order valence-electron chi connectivity index (χ4n) is 2.80. The van der Waals surface area contributed by atoms with Gasteiger partial charge in [0.2, 0.25) is 0 Å². The van der Waals surface area contributed by atoms with E-state index in [0.29, 0.717) is 6.42 Å². The normalized spacial score (nSPS) is 11.3. The maximum Gasteiger partial charge on any atom is 1.00 e. The van der Waals surface area contributed by atoms with Gasteiger partial charge in [-0.1, -0.05) is 79.1 Å². The van der Waals surface area contributed by atoms with Crippen LogP contribution in [0.25, 0.3) is 0 Å². The van der Waals surface area contributed by atoms with Crippen LogP contribution in [0.15, 0.2) is 0 Å².